The molecule has 1 saturated heterocycles. The number of anilines is 2. The van der Waals surface area contributed by atoms with Gasteiger partial charge in [-0.3, -0.25) is 9.59 Å². The Morgan fingerprint density at radius 2 is 1.97 bits per heavy atom. The minimum Gasteiger partial charge on any atom is -0.352 e. The van der Waals surface area contributed by atoms with Crippen molar-refractivity contribution in [1.82, 2.24) is 19.9 Å². The summed E-state index contributed by atoms with van der Waals surface area (Å²) in [6.07, 6.45) is 9.63. The summed E-state index contributed by atoms with van der Waals surface area (Å²) < 4.78 is 0. The minimum atomic E-state index is -0.0454. The number of amides is 2. The van der Waals surface area contributed by atoms with Crippen LogP contribution < -0.4 is 10.2 Å². The summed E-state index contributed by atoms with van der Waals surface area (Å²) in [6, 6.07) is 8.21. The van der Waals surface area contributed by atoms with E-state index in [-0.39, 0.29) is 25.3 Å². The first kappa shape index (κ1) is 23.1. The van der Waals surface area contributed by atoms with Crippen molar-refractivity contribution in [3.8, 4) is 11.3 Å². The summed E-state index contributed by atoms with van der Waals surface area (Å²) >= 11 is 0. The highest BCUT2D eigenvalue weighted by Crippen LogP contribution is 2.31. The number of nitrogens with zero attached hydrogens (tertiary/aromatic N) is 4. The molecule has 5 rings (SSSR count). The smallest absolute Gasteiger partial charge is 0.251 e. The van der Waals surface area contributed by atoms with Gasteiger partial charge in [-0.15, -0.1) is 0 Å². The number of piperazine rings is 1. The molecule has 1 aliphatic carbocycles. The number of aromatic amines is 1. The van der Waals surface area contributed by atoms with E-state index in [1.54, 1.807) is 13.1 Å². The van der Waals surface area contributed by atoms with Crippen molar-refractivity contribution in [2.45, 2.75) is 58.5 Å². The molecule has 0 saturated carbocycles. The van der Waals surface area contributed by atoms with E-state index >= 15 is 0 Å². The van der Waals surface area contributed by atoms with E-state index in [1.807, 2.05) is 41.4 Å². The van der Waals surface area contributed by atoms with Crippen molar-refractivity contribution in [3.63, 3.8) is 0 Å². The first-order valence-electron chi connectivity index (χ1n) is 12.4. The predicted octanol–water partition coefficient (Wildman–Crippen LogP) is 4.76. The van der Waals surface area contributed by atoms with Crippen LogP contribution in [0, 0.1) is 0 Å². The van der Waals surface area contributed by atoms with E-state index in [2.05, 4.69) is 34.0 Å². The molecule has 35 heavy (non-hydrogen) atoms. The van der Waals surface area contributed by atoms with Crippen LogP contribution in [0.4, 0.5) is 11.5 Å². The van der Waals surface area contributed by atoms with Gasteiger partial charge in [0.05, 0.1) is 17.6 Å². The zero-order chi connectivity index (χ0) is 24.5. The molecule has 184 valence electrons. The van der Waals surface area contributed by atoms with E-state index < -0.39 is 0 Å². The van der Waals surface area contributed by atoms with Gasteiger partial charge in [-0.2, -0.15) is 0 Å². The van der Waals surface area contributed by atoms with Crippen molar-refractivity contribution in [2.75, 3.05) is 23.3 Å². The third-order valence-corrected chi connectivity index (χ3v) is 6.99. The lowest BCUT2D eigenvalue weighted by Crippen LogP contribution is -2.58. The minimum absolute atomic E-state index is 0. The maximum atomic E-state index is 12.7. The molecule has 0 unspecified atom stereocenters. The Labute approximate surface area is 206 Å². The second kappa shape index (κ2) is 9.52. The standard InChI is InChI=1S/C27H32N6O2.H2/c1-17-15-32(16-18(2)33(17)19(3)34)25-11-7-10-24(31-25)23-14-29-26-22(23)12-21(13-28-26)30-27(35)20-8-5-4-6-9-20;/h7-8,10-14,17-18H,4-6,9,15-16H2,1-3H3,(H,28,29)(H,30,35);1H/t17-,18+;. The molecule has 0 radical (unpaired) electrons. The van der Waals surface area contributed by atoms with Crippen LogP contribution in [0.15, 0.2) is 48.3 Å². The molecule has 8 heteroatoms. The van der Waals surface area contributed by atoms with Gasteiger partial charge in [0.2, 0.25) is 5.91 Å². The number of fused-ring (bicyclic) bond motifs is 1. The monoisotopic (exact) mass is 474 g/mol. The van der Waals surface area contributed by atoms with Crippen LogP contribution in [-0.2, 0) is 9.59 Å². The number of nitrogens with one attached hydrogen (secondary N) is 2. The summed E-state index contributed by atoms with van der Waals surface area (Å²) in [4.78, 5) is 41.6. The van der Waals surface area contributed by atoms with E-state index in [0.29, 0.717) is 5.69 Å². The number of hydrogen-bond donors (Lipinski definition) is 2. The average molecular weight is 475 g/mol. The zero-order valence-electron chi connectivity index (χ0n) is 20.5. The molecule has 0 bridgehead atoms. The number of carbonyl (C=O) groups is 2. The van der Waals surface area contributed by atoms with Gasteiger partial charge in [-0.25, -0.2) is 9.97 Å². The number of rotatable bonds is 4. The SMILES string of the molecule is CC(=O)N1[C@H](C)CN(c2cccc(-c3c[nH]c4ncc(NC(=O)C5=CCCCC5)cc34)n2)C[C@@H]1C.[HH]. The Bertz CT molecular complexity index is 1290. The number of H-pyrrole nitrogens is 1. The van der Waals surface area contributed by atoms with Crippen LogP contribution in [0.1, 0.15) is 47.9 Å². The Hall–Kier alpha value is -3.68. The molecular weight excluding hydrogens is 440 g/mol. The fraction of sp³-hybridized carbons (Fsp3) is 0.407. The van der Waals surface area contributed by atoms with Gasteiger partial charge in [0.25, 0.3) is 5.91 Å². The number of carbonyl (C=O) groups excluding carboxylic acids is 2. The highest BCUT2D eigenvalue weighted by Gasteiger charge is 2.31. The highest BCUT2D eigenvalue weighted by molar-refractivity contribution is 6.05. The first-order valence-corrected chi connectivity index (χ1v) is 12.4. The first-order chi connectivity index (χ1) is 16.9. The molecule has 3 aromatic heterocycles. The number of allylic oxidation sites excluding steroid dienone is 1. The fourth-order valence-electron chi connectivity index (χ4n) is 5.42. The molecule has 4 heterocycles. The van der Waals surface area contributed by atoms with Gasteiger partial charge in [-0.1, -0.05) is 12.1 Å². The molecule has 2 amide bonds. The quantitative estimate of drug-likeness (QED) is 0.569. The molecule has 1 aliphatic heterocycles. The van der Waals surface area contributed by atoms with Crippen molar-refractivity contribution >= 4 is 34.4 Å². The molecule has 0 spiro atoms. The molecule has 8 nitrogen and oxygen atoms in total. The lowest BCUT2D eigenvalue weighted by molar-refractivity contribution is -0.133. The van der Waals surface area contributed by atoms with E-state index in [4.69, 9.17) is 4.98 Å². The molecule has 1 fully saturated rings. The van der Waals surface area contributed by atoms with Gasteiger partial charge >= 0.3 is 0 Å². The van der Waals surface area contributed by atoms with Crippen molar-refractivity contribution in [2.24, 2.45) is 0 Å². The van der Waals surface area contributed by atoms with Crippen LogP contribution in [0.3, 0.4) is 0 Å². The van der Waals surface area contributed by atoms with Gasteiger partial charge in [-0.05, 0) is 57.7 Å². The largest absolute Gasteiger partial charge is 0.352 e. The van der Waals surface area contributed by atoms with Crippen molar-refractivity contribution < 1.29 is 11.0 Å². The van der Waals surface area contributed by atoms with Crippen LogP contribution >= 0.6 is 0 Å². The lowest BCUT2D eigenvalue weighted by atomic mass is 9.99. The van der Waals surface area contributed by atoms with E-state index in [9.17, 15) is 9.59 Å². The molecular formula is C27H34N6O2. The van der Waals surface area contributed by atoms with Crippen LogP contribution in [-0.4, -0.2) is 56.8 Å². The average Bonchev–Trinajstić information content (AvgIpc) is 3.27. The van der Waals surface area contributed by atoms with Crippen molar-refractivity contribution in [3.05, 3.63) is 48.3 Å². The van der Waals surface area contributed by atoms with Gasteiger partial charge in [0.1, 0.15) is 11.5 Å². The summed E-state index contributed by atoms with van der Waals surface area (Å²) in [5.74, 6) is 0.955. The number of pyridine rings is 2. The Morgan fingerprint density at radius 3 is 2.69 bits per heavy atom. The van der Waals surface area contributed by atoms with Crippen LogP contribution in [0.2, 0.25) is 0 Å². The maximum absolute atomic E-state index is 12.7. The number of hydrogen-bond acceptors (Lipinski definition) is 5. The number of aromatic nitrogens is 3. The third-order valence-electron chi connectivity index (χ3n) is 6.99. The zero-order valence-corrected chi connectivity index (χ0v) is 20.5. The summed E-state index contributed by atoms with van der Waals surface area (Å²) in [5.41, 5.74) is 4.05. The Balaban J connectivity index is 0.00000304. The second-order valence-electron chi connectivity index (χ2n) is 9.66. The molecule has 2 aliphatic rings. The van der Waals surface area contributed by atoms with E-state index in [0.717, 1.165) is 72.5 Å². The van der Waals surface area contributed by atoms with E-state index in [1.165, 1.54) is 0 Å². The molecule has 2 atom stereocenters. The second-order valence-corrected chi connectivity index (χ2v) is 9.66. The Morgan fingerprint density at radius 1 is 1.17 bits per heavy atom. The summed E-state index contributed by atoms with van der Waals surface area (Å²) in [7, 11) is 0. The van der Waals surface area contributed by atoms with Crippen LogP contribution in [0.25, 0.3) is 22.3 Å². The van der Waals surface area contributed by atoms with Gasteiger partial charge < -0.3 is 20.1 Å². The van der Waals surface area contributed by atoms with Gasteiger partial charge in [0, 0.05) is 56.2 Å². The lowest BCUT2D eigenvalue weighted by Gasteiger charge is -2.44. The van der Waals surface area contributed by atoms with Crippen LogP contribution in [0.5, 0.6) is 0 Å². The predicted molar refractivity (Wildman–Crippen MR) is 140 cm³/mol. The summed E-state index contributed by atoms with van der Waals surface area (Å²) in [5, 5.41) is 3.92. The molecule has 3 aromatic rings. The maximum Gasteiger partial charge on any atom is 0.251 e. The normalized spacial score (nSPS) is 20.6. The topological polar surface area (TPSA) is 94.2 Å². The Kier molecular flexibility index (Phi) is 6.28. The molecule has 2 N–H and O–H groups in total. The van der Waals surface area contributed by atoms with Gasteiger partial charge in [0.15, 0.2) is 0 Å². The van der Waals surface area contributed by atoms with Crippen molar-refractivity contribution in [1.29, 1.82) is 0 Å². The third kappa shape index (κ3) is 4.65. The molecule has 0 aromatic carbocycles. The highest BCUT2D eigenvalue weighted by atomic mass is 16.2. The summed E-state index contributed by atoms with van der Waals surface area (Å²) in [6.45, 7) is 7.27. The fourth-order valence-corrected chi connectivity index (χ4v) is 5.42.